The summed E-state index contributed by atoms with van der Waals surface area (Å²) in [6.45, 7) is 12.4. The van der Waals surface area contributed by atoms with Crippen LogP contribution in [0.15, 0.2) is 24.2 Å². The van der Waals surface area contributed by atoms with Crippen LogP contribution in [0.1, 0.15) is 34.6 Å². The van der Waals surface area contributed by atoms with Crippen LogP contribution in [0, 0.1) is 0 Å². The Bertz CT molecular complexity index is 427. The molecule has 2 atom stereocenters. The van der Waals surface area contributed by atoms with Gasteiger partial charge < -0.3 is 18.8 Å². The van der Waals surface area contributed by atoms with E-state index >= 15 is 0 Å². The molecule has 122 valence electrons. The van der Waals surface area contributed by atoms with Gasteiger partial charge in [-0.1, -0.05) is 24.2 Å². The predicted molar refractivity (Wildman–Crippen MR) is 81.9 cm³/mol. The average Bonchev–Trinajstić information content (AvgIpc) is 2.79. The smallest absolute Gasteiger partial charge is 0.461 e. The van der Waals surface area contributed by atoms with Crippen LogP contribution in [-0.2, 0) is 28.4 Å². The molecular weight excluding hydrogens is 287 g/mol. The Hall–Kier alpha value is -1.60. The zero-order chi connectivity index (χ0) is 16.9. The number of ether oxygens (including phenoxy) is 2. The van der Waals surface area contributed by atoms with Crippen molar-refractivity contribution in [3.63, 3.8) is 0 Å². The molecule has 0 aromatic carbocycles. The summed E-state index contributed by atoms with van der Waals surface area (Å²) in [5.74, 6) is 0.291. The van der Waals surface area contributed by atoms with Gasteiger partial charge in [0, 0.05) is 0 Å². The lowest BCUT2D eigenvalue weighted by Gasteiger charge is -2.18. The van der Waals surface area contributed by atoms with E-state index in [1.165, 1.54) is 0 Å². The fourth-order valence-electron chi connectivity index (χ4n) is 1.75. The number of hydrogen-bond donors (Lipinski definition) is 0. The van der Waals surface area contributed by atoms with Gasteiger partial charge in [-0.15, -0.1) is 0 Å². The van der Waals surface area contributed by atoms with E-state index in [0.29, 0.717) is 0 Å². The summed E-state index contributed by atoms with van der Waals surface area (Å²) in [5, 5.41) is 0. The second kappa shape index (κ2) is 8.15. The Labute approximate surface area is 131 Å². The molecule has 1 rings (SSSR count). The second-order valence-corrected chi connectivity index (χ2v) is 5.66. The van der Waals surface area contributed by atoms with Crippen molar-refractivity contribution in [2.45, 2.75) is 59.0 Å². The SMILES string of the molecule is C=C(C)/C=C/B1O[C@@H](C(=O)OC(C)C)[C@H](C(=O)OC(C)C)O1. The first-order valence-electron chi connectivity index (χ1n) is 7.26. The zero-order valence-corrected chi connectivity index (χ0v) is 13.7. The Morgan fingerprint density at radius 1 is 1.05 bits per heavy atom. The third-order valence-corrected chi connectivity index (χ3v) is 2.54. The normalized spacial score (nSPS) is 21.7. The predicted octanol–water partition coefficient (Wildman–Crippen LogP) is 1.83. The van der Waals surface area contributed by atoms with Crippen LogP contribution in [0.3, 0.4) is 0 Å². The van der Waals surface area contributed by atoms with Crippen molar-refractivity contribution in [2.75, 3.05) is 0 Å². The average molecular weight is 310 g/mol. The number of esters is 2. The molecule has 0 amide bonds. The van der Waals surface area contributed by atoms with Crippen molar-refractivity contribution in [2.24, 2.45) is 0 Å². The van der Waals surface area contributed by atoms with Crippen LogP contribution in [0.4, 0.5) is 0 Å². The quantitative estimate of drug-likeness (QED) is 0.423. The highest BCUT2D eigenvalue weighted by Crippen LogP contribution is 2.21. The molecule has 0 aliphatic carbocycles. The molecule has 22 heavy (non-hydrogen) atoms. The Balaban J connectivity index is 2.85. The van der Waals surface area contributed by atoms with Gasteiger partial charge in [0.15, 0.2) is 12.2 Å². The first kappa shape index (κ1) is 18.5. The van der Waals surface area contributed by atoms with Gasteiger partial charge in [0.1, 0.15) is 0 Å². The molecule has 0 unspecified atom stereocenters. The molecule has 0 radical (unpaired) electrons. The maximum atomic E-state index is 12.1. The van der Waals surface area contributed by atoms with Crippen molar-refractivity contribution < 1.29 is 28.4 Å². The molecule has 0 aromatic rings. The highest BCUT2D eigenvalue weighted by molar-refractivity contribution is 6.52. The van der Waals surface area contributed by atoms with Gasteiger partial charge in [-0.05, 0) is 34.6 Å². The van der Waals surface area contributed by atoms with E-state index in [1.807, 2.05) is 0 Å². The lowest BCUT2D eigenvalue weighted by Crippen LogP contribution is -2.40. The van der Waals surface area contributed by atoms with Crippen LogP contribution in [0.25, 0.3) is 0 Å². The van der Waals surface area contributed by atoms with Gasteiger partial charge in [-0.3, -0.25) is 0 Å². The molecule has 1 heterocycles. The summed E-state index contributed by atoms with van der Waals surface area (Å²) in [6, 6.07) is 0. The lowest BCUT2D eigenvalue weighted by molar-refractivity contribution is -0.167. The summed E-state index contributed by atoms with van der Waals surface area (Å²) in [7, 11) is -0.828. The summed E-state index contributed by atoms with van der Waals surface area (Å²) in [5.41, 5.74) is 0.793. The highest BCUT2D eigenvalue weighted by Gasteiger charge is 2.48. The van der Waals surface area contributed by atoms with Gasteiger partial charge in [0.25, 0.3) is 0 Å². The molecule has 1 fully saturated rings. The molecule has 0 saturated carbocycles. The number of hydrogen-bond acceptors (Lipinski definition) is 6. The number of allylic oxidation sites excluding steroid dienone is 2. The Morgan fingerprint density at radius 3 is 1.77 bits per heavy atom. The van der Waals surface area contributed by atoms with Crippen molar-refractivity contribution in [1.82, 2.24) is 0 Å². The van der Waals surface area contributed by atoms with Crippen LogP contribution >= 0.6 is 0 Å². The van der Waals surface area contributed by atoms with Gasteiger partial charge in [-0.2, -0.15) is 0 Å². The maximum absolute atomic E-state index is 12.1. The lowest BCUT2D eigenvalue weighted by atomic mass is 9.89. The van der Waals surface area contributed by atoms with Crippen LogP contribution in [0.2, 0.25) is 0 Å². The van der Waals surface area contributed by atoms with Gasteiger partial charge in [0.05, 0.1) is 12.2 Å². The summed E-state index contributed by atoms with van der Waals surface area (Å²) in [4.78, 5) is 24.1. The molecule has 1 aliphatic rings. The monoisotopic (exact) mass is 310 g/mol. The minimum atomic E-state index is -1.14. The van der Waals surface area contributed by atoms with Crippen molar-refractivity contribution in [3.05, 3.63) is 24.2 Å². The minimum absolute atomic E-state index is 0.317. The number of rotatable bonds is 6. The standard InChI is InChI=1S/C15H23BO6/c1-9(2)7-8-16-21-12(14(17)19-10(3)4)13(22-16)15(18)20-11(5)6/h7-8,10-13H,1H2,2-6H3/b8-7+/t12-,13-/m1/s1. The van der Waals surface area contributed by atoms with Gasteiger partial charge in [0.2, 0.25) is 0 Å². The molecule has 1 aliphatic heterocycles. The minimum Gasteiger partial charge on any atom is -0.461 e. The molecule has 0 spiro atoms. The highest BCUT2D eigenvalue weighted by atomic mass is 16.7. The third kappa shape index (κ3) is 5.65. The van der Waals surface area contributed by atoms with Crippen LogP contribution in [-0.4, -0.2) is 43.5 Å². The molecule has 1 saturated heterocycles. The Morgan fingerprint density at radius 2 is 1.45 bits per heavy atom. The zero-order valence-electron chi connectivity index (χ0n) is 13.7. The fraction of sp³-hybridized carbons (Fsp3) is 0.600. The van der Waals surface area contributed by atoms with E-state index in [1.54, 1.807) is 46.7 Å². The fourth-order valence-corrected chi connectivity index (χ4v) is 1.75. The van der Waals surface area contributed by atoms with Gasteiger partial charge in [-0.25, -0.2) is 9.59 Å². The largest absolute Gasteiger partial charge is 0.487 e. The van der Waals surface area contributed by atoms with E-state index in [0.717, 1.165) is 5.57 Å². The van der Waals surface area contributed by atoms with E-state index in [4.69, 9.17) is 18.8 Å². The first-order valence-corrected chi connectivity index (χ1v) is 7.26. The van der Waals surface area contributed by atoms with Crippen LogP contribution in [0.5, 0.6) is 0 Å². The molecule has 6 nitrogen and oxygen atoms in total. The maximum Gasteiger partial charge on any atom is 0.487 e. The topological polar surface area (TPSA) is 71.1 Å². The van der Waals surface area contributed by atoms with E-state index in [9.17, 15) is 9.59 Å². The number of carbonyl (C=O) groups is 2. The molecule has 0 aromatic heterocycles. The van der Waals surface area contributed by atoms with E-state index < -0.39 is 31.3 Å². The molecule has 7 heteroatoms. The Kier molecular flexibility index (Phi) is 6.83. The van der Waals surface area contributed by atoms with Crippen LogP contribution < -0.4 is 0 Å². The number of carbonyl (C=O) groups excluding carboxylic acids is 2. The second-order valence-electron chi connectivity index (χ2n) is 5.66. The van der Waals surface area contributed by atoms with E-state index in [2.05, 4.69) is 6.58 Å². The van der Waals surface area contributed by atoms with Crippen molar-refractivity contribution in [3.8, 4) is 0 Å². The first-order chi connectivity index (χ1) is 10.2. The van der Waals surface area contributed by atoms with Crippen molar-refractivity contribution in [1.29, 1.82) is 0 Å². The molecule has 0 N–H and O–H groups in total. The van der Waals surface area contributed by atoms with E-state index in [-0.39, 0.29) is 12.2 Å². The van der Waals surface area contributed by atoms with Gasteiger partial charge >= 0.3 is 19.1 Å². The summed E-state index contributed by atoms with van der Waals surface area (Å²) >= 11 is 0. The molecule has 0 bridgehead atoms. The molecular formula is C15H23BO6. The third-order valence-electron chi connectivity index (χ3n) is 2.54. The summed E-state index contributed by atoms with van der Waals surface area (Å²) < 4.78 is 21.1. The van der Waals surface area contributed by atoms with Crippen molar-refractivity contribution >= 4 is 19.1 Å². The summed E-state index contributed by atoms with van der Waals surface area (Å²) in [6.07, 6.45) is -1.24.